The van der Waals surface area contributed by atoms with Gasteiger partial charge in [0.25, 0.3) is 5.91 Å². The average Bonchev–Trinajstić information content (AvgIpc) is 3.51. The molecule has 2 aromatic carbocycles. The molecular weight excluding hydrogens is 497 g/mol. The number of anilines is 3. The van der Waals surface area contributed by atoms with Gasteiger partial charge in [0.15, 0.2) is 0 Å². The van der Waals surface area contributed by atoms with Gasteiger partial charge < -0.3 is 15.2 Å². The molecule has 0 saturated heterocycles. The van der Waals surface area contributed by atoms with Crippen LogP contribution < -0.4 is 10.6 Å². The molecule has 192 valence electrons. The third kappa shape index (κ3) is 5.09. The summed E-state index contributed by atoms with van der Waals surface area (Å²) in [6, 6.07) is 11.7. The van der Waals surface area contributed by atoms with Crippen LogP contribution in [0.3, 0.4) is 0 Å². The number of benzene rings is 2. The SMILES string of the molecule is Cc1nccn1-c1ccnc(Nc2ccc(C(=O)Nc3ccc(C(F)(F)F)c(-n4ccnc4C)c3)cc2)n1. The highest BCUT2D eigenvalue weighted by Gasteiger charge is 2.34. The van der Waals surface area contributed by atoms with Gasteiger partial charge in [0.05, 0.1) is 11.3 Å². The molecule has 12 heteroatoms. The molecule has 0 atom stereocenters. The Kier molecular flexibility index (Phi) is 6.37. The molecule has 9 nitrogen and oxygen atoms in total. The Bertz CT molecular complexity index is 1610. The zero-order chi connectivity index (χ0) is 26.9. The van der Waals surface area contributed by atoms with E-state index in [1.54, 1.807) is 55.8 Å². The molecule has 0 bridgehead atoms. The van der Waals surface area contributed by atoms with Crippen LogP contribution in [0.2, 0.25) is 0 Å². The summed E-state index contributed by atoms with van der Waals surface area (Å²) >= 11 is 0. The number of aryl methyl sites for hydroxylation is 2. The predicted octanol–water partition coefficient (Wildman–Crippen LogP) is 5.48. The van der Waals surface area contributed by atoms with Gasteiger partial charge in [-0.3, -0.25) is 9.36 Å². The zero-order valence-corrected chi connectivity index (χ0v) is 20.2. The van der Waals surface area contributed by atoms with Crippen LogP contribution >= 0.6 is 0 Å². The smallest absolute Gasteiger partial charge is 0.324 e. The summed E-state index contributed by atoms with van der Waals surface area (Å²) in [4.78, 5) is 29.7. The number of nitrogens with zero attached hydrogens (tertiary/aromatic N) is 6. The number of carbonyl (C=O) groups excluding carboxylic acids is 1. The fraction of sp³-hybridized carbons (Fsp3) is 0.115. The lowest BCUT2D eigenvalue weighted by atomic mass is 10.1. The van der Waals surface area contributed by atoms with Crippen molar-refractivity contribution in [3.8, 4) is 11.5 Å². The molecule has 5 aromatic rings. The van der Waals surface area contributed by atoms with Gasteiger partial charge in [-0.05, 0) is 62.4 Å². The largest absolute Gasteiger partial charge is 0.418 e. The third-order valence-electron chi connectivity index (χ3n) is 5.76. The van der Waals surface area contributed by atoms with Crippen molar-refractivity contribution in [3.05, 3.63) is 102 Å². The van der Waals surface area contributed by atoms with Crippen molar-refractivity contribution in [2.24, 2.45) is 0 Å². The van der Waals surface area contributed by atoms with Gasteiger partial charge in [-0.15, -0.1) is 0 Å². The van der Waals surface area contributed by atoms with Crippen molar-refractivity contribution >= 4 is 23.2 Å². The van der Waals surface area contributed by atoms with Crippen molar-refractivity contribution in [1.29, 1.82) is 0 Å². The molecule has 2 N–H and O–H groups in total. The van der Waals surface area contributed by atoms with Gasteiger partial charge in [0.2, 0.25) is 5.95 Å². The van der Waals surface area contributed by atoms with Crippen LogP contribution in [-0.4, -0.2) is 35.0 Å². The van der Waals surface area contributed by atoms with Crippen LogP contribution in [0.4, 0.5) is 30.5 Å². The molecule has 0 aliphatic heterocycles. The number of rotatable bonds is 6. The van der Waals surface area contributed by atoms with E-state index in [1.807, 2.05) is 11.5 Å². The zero-order valence-electron chi connectivity index (χ0n) is 20.2. The van der Waals surface area contributed by atoms with E-state index >= 15 is 0 Å². The Morgan fingerprint density at radius 3 is 2.11 bits per heavy atom. The molecule has 0 unspecified atom stereocenters. The number of hydrogen-bond acceptors (Lipinski definition) is 6. The number of hydrogen-bond donors (Lipinski definition) is 2. The third-order valence-corrected chi connectivity index (χ3v) is 5.76. The second-order valence-electron chi connectivity index (χ2n) is 8.31. The Balaban J connectivity index is 1.32. The van der Waals surface area contributed by atoms with E-state index in [4.69, 9.17) is 0 Å². The minimum atomic E-state index is -4.57. The lowest BCUT2D eigenvalue weighted by Gasteiger charge is -2.16. The Morgan fingerprint density at radius 1 is 0.816 bits per heavy atom. The van der Waals surface area contributed by atoms with Gasteiger partial charge in [-0.1, -0.05) is 0 Å². The molecule has 3 heterocycles. The van der Waals surface area contributed by atoms with Crippen LogP contribution in [0.25, 0.3) is 11.5 Å². The quantitative estimate of drug-likeness (QED) is 0.309. The standard InChI is InChI=1S/C26H21F3N8O/c1-16-30-11-13-36(16)22-15-20(7-8-21(22)26(27,28)29)33-24(38)18-3-5-19(6-4-18)34-25-32-10-9-23(35-25)37-14-12-31-17(37)2/h3-15H,1-2H3,(H,33,38)(H,32,34,35). The lowest BCUT2D eigenvalue weighted by molar-refractivity contribution is -0.137. The van der Waals surface area contributed by atoms with Crippen molar-refractivity contribution in [2.45, 2.75) is 20.0 Å². The Morgan fingerprint density at radius 2 is 1.47 bits per heavy atom. The fourth-order valence-corrected chi connectivity index (χ4v) is 3.88. The number of nitrogens with one attached hydrogen (secondary N) is 2. The van der Waals surface area contributed by atoms with Crippen molar-refractivity contribution in [1.82, 2.24) is 29.1 Å². The summed E-state index contributed by atoms with van der Waals surface area (Å²) in [5, 5.41) is 5.75. The highest BCUT2D eigenvalue weighted by molar-refractivity contribution is 6.04. The maximum absolute atomic E-state index is 13.6. The monoisotopic (exact) mass is 518 g/mol. The molecule has 38 heavy (non-hydrogen) atoms. The number of alkyl halides is 3. The lowest BCUT2D eigenvalue weighted by Crippen LogP contribution is -2.15. The second-order valence-corrected chi connectivity index (χ2v) is 8.31. The first-order valence-electron chi connectivity index (χ1n) is 11.4. The van der Waals surface area contributed by atoms with E-state index in [-0.39, 0.29) is 11.4 Å². The molecule has 0 radical (unpaired) electrons. The van der Waals surface area contributed by atoms with E-state index in [2.05, 4.69) is 30.6 Å². The molecule has 3 aromatic heterocycles. The highest BCUT2D eigenvalue weighted by Crippen LogP contribution is 2.35. The Hall–Kier alpha value is -5.00. The number of aromatic nitrogens is 6. The van der Waals surface area contributed by atoms with Crippen molar-refractivity contribution < 1.29 is 18.0 Å². The molecule has 5 rings (SSSR count). The van der Waals surface area contributed by atoms with Crippen LogP contribution in [0.5, 0.6) is 0 Å². The van der Waals surface area contributed by atoms with Gasteiger partial charge in [0, 0.05) is 47.9 Å². The topological polar surface area (TPSA) is 103 Å². The molecular formula is C26H21F3N8O. The van der Waals surface area contributed by atoms with E-state index in [9.17, 15) is 18.0 Å². The summed E-state index contributed by atoms with van der Waals surface area (Å²) in [6.07, 6.45) is 3.38. The van der Waals surface area contributed by atoms with Crippen LogP contribution in [0, 0.1) is 13.8 Å². The van der Waals surface area contributed by atoms with E-state index < -0.39 is 17.6 Å². The minimum Gasteiger partial charge on any atom is -0.324 e. The molecule has 0 aliphatic carbocycles. The van der Waals surface area contributed by atoms with Gasteiger partial charge in [-0.2, -0.15) is 18.2 Å². The molecule has 0 saturated carbocycles. The maximum Gasteiger partial charge on any atom is 0.418 e. The number of imidazole rings is 2. The summed E-state index contributed by atoms with van der Waals surface area (Å²) in [6.45, 7) is 3.46. The predicted molar refractivity (Wildman–Crippen MR) is 135 cm³/mol. The first-order valence-corrected chi connectivity index (χ1v) is 11.4. The average molecular weight is 519 g/mol. The summed E-state index contributed by atoms with van der Waals surface area (Å²) < 4.78 is 43.9. The normalized spacial score (nSPS) is 11.4. The second kappa shape index (κ2) is 9.81. The van der Waals surface area contributed by atoms with Crippen molar-refractivity contribution in [3.63, 3.8) is 0 Å². The van der Waals surface area contributed by atoms with Gasteiger partial charge in [-0.25, -0.2) is 15.0 Å². The van der Waals surface area contributed by atoms with Crippen LogP contribution in [-0.2, 0) is 6.18 Å². The minimum absolute atomic E-state index is 0.127. The fourth-order valence-electron chi connectivity index (χ4n) is 3.88. The number of halogens is 3. The molecule has 0 aliphatic rings. The summed E-state index contributed by atoms with van der Waals surface area (Å²) in [5.74, 6) is 1.70. The van der Waals surface area contributed by atoms with Crippen LogP contribution in [0.1, 0.15) is 27.6 Å². The number of carbonyl (C=O) groups is 1. The number of amides is 1. The molecule has 0 spiro atoms. The summed E-state index contributed by atoms with van der Waals surface area (Å²) in [5.41, 5.74) is 0.223. The summed E-state index contributed by atoms with van der Waals surface area (Å²) in [7, 11) is 0. The van der Waals surface area contributed by atoms with Gasteiger partial charge in [0.1, 0.15) is 17.5 Å². The van der Waals surface area contributed by atoms with Gasteiger partial charge >= 0.3 is 6.18 Å². The first-order chi connectivity index (χ1) is 18.2. The van der Waals surface area contributed by atoms with E-state index in [1.165, 1.54) is 29.1 Å². The van der Waals surface area contributed by atoms with Crippen LogP contribution in [0.15, 0.2) is 79.5 Å². The molecule has 0 fully saturated rings. The highest BCUT2D eigenvalue weighted by atomic mass is 19.4. The van der Waals surface area contributed by atoms with E-state index in [0.29, 0.717) is 28.8 Å². The first kappa shape index (κ1) is 24.7. The molecule has 1 amide bonds. The maximum atomic E-state index is 13.6. The Labute approximate surface area is 215 Å². The van der Waals surface area contributed by atoms with Crippen molar-refractivity contribution in [2.75, 3.05) is 10.6 Å². The van der Waals surface area contributed by atoms with E-state index in [0.717, 1.165) is 11.9 Å².